The summed E-state index contributed by atoms with van der Waals surface area (Å²) < 4.78 is 5.68. The maximum absolute atomic E-state index is 13.2. The predicted molar refractivity (Wildman–Crippen MR) is 96.9 cm³/mol. The van der Waals surface area contributed by atoms with Crippen molar-refractivity contribution in [2.45, 2.75) is 58.3 Å². The van der Waals surface area contributed by atoms with Crippen LogP contribution in [0.4, 0.5) is 0 Å². The first kappa shape index (κ1) is 17.0. The molecule has 26 heavy (non-hydrogen) atoms. The molecule has 7 nitrogen and oxygen atoms in total. The van der Waals surface area contributed by atoms with E-state index in [1.807, 2.05) is 30.9 Å². The van der Waals surface area contributed by atoms with E-state index >= 15 is 0 Å². The van der Waals surface area contributed by atoms with E-state index in [0.717, 1.165) is 42.6 Å². The van der Waals surface area contributed by atoms with Crippen LogP contribution >= 0.6 is 0 Å². The summed E-state index contributed by atoms with van der Waals surface area (Å²) >= 11 is 0. The van der Waals surface area contributed by atoms with Gasteiger partial charge in [-0.25, -0.2) is 4.98 Å². The van der Waals surface area contributed by atoms with Crippen molar-refractivity contribution in [3.05, 3.63) is 40.8 Å². The number of carbonyl (C=O) groups excluding carboxylic acids is 1. The third-order valence-electron chi connectivity index (χ3n) is 4.77. The molecule has 7 heteroatoms. The summed E-state index contributed by atoms with van der Waals surface area (Å²) in [6.45, 7) is 6.12. The fourth-order valence-electron chi connectivity index (χ4n) is 3.34. The number of hydrogen-bond donors (Lipinski definition) is 2. The van der Waals surface area contributed by atoms with E-state index < -0.39 is 0 Å². The largest absolute Gasteiger partial charge is 0.475 e. The van der Waals surface area contributed by atoms with E-state index in [2.05, 4.69) is 20.5 Å². The molecular formula is C19H25N5O2. The van der Waals surface area contributed by atoms with Crippen molar-refractivity contribution in [1.29, 1.82) is 0 Å². The highest BCUT2D eigenvalue weighted by molar-refractivity contribution is 5.94. The van der Waals surface area contributed by atoms with E-state index in [0.29, 0.717) is 30.7 Å². The van der Waals surface area contributed by atoms with Crippen molar-refractivity contribution in [3.63, 3.8) is 0 Å². The molecule has 0 bridgehead atoms. The van der Waals surface area contributed by atoms with Crippen LogP contribution in [-0.2, 0) is 19.5 Å². The van der Waals surface area contributed by atoms with Crippen LogP contribution in [0.25, 0.3) is 0 Å². The fourth-order valence-corrected chi connectivity index (χ4v) is 3.34. The average molecular weight is 355 g/mol. The Morgan fingerprint density at radius 3 is 3.04 bits per heavy atom. The second kappa shape index (κ2) is 7.07. The Hall–Kier alpha value is -2.41. The molecule has 2 aromatic heterocycles. The average Bonchev–Trinajstić information content (AvgIpc) is 3.37. The van der Waals surface area contributed by atoms with Crippen LogP contribution in [0.2, 0.25) is 0 Å². The SMILES string of the molecule is CC(C)Oc1cc(CN(C(=O)c2n[nH]c3c2CNCC3)C2CC2)ccn1. The van der Waals surface area contributed by atoms with Gasteiger partial charge in [-0.2, -0.15) is 5.10 Å². The molecule has 2 N–H and O–H groups in total. The lowest BCUT2D eigenvalue weighted by atomic mass is 10.1. The molecule has 0 spiro atoms. The number of rotatable bonds is 6. The maximum atomic E-state index is 13.2. The van der Waals surface area contributed by atoms with E-state index in [-0.39, 0.29) is 12.0 Å². The molecule has 2 aliphatic rings. The quantitative estimate of drug-likeness (QED) is 0.829. The zero-order chi connectivity index (χ0) is 18.1. The van der Waals surface area contributed by atoms with Crippen molar-refractivity contribution in [3.8, 4) is 5.88 Å². The molecule has 1 aliphatic heterocycles. The first-order valence-corrected chi connectivity index (χ1v) is 9.31. The van der Waals surface area contributed by atoms with Crippen LogP contribution in [0.5, 0.6) is 5.88 Å². The molecule has 1 fully saturated rings. The molecule has 1 saturated carbocycles. The Kier molecular flexibility index (Phi) is 4.63. The number of nitrogens with one attached hydrogen (secondary N) is 2. The van der Waals surface area contributed by atoms with Crippen LogP contribution in [0.15, 0.2) is 18.3 Å². The van der Waals surface area contributed by atoms with Crippen molar-refractivity contribution in [2.75, 3.05) is 6.54 Å². The lowest BCUT2D eigenvalue weighted by Crippen LogP contribution is -2.34. The first-order valence-electron chi connectivity index (χ1n) is 9.31. The fraction of sp³-hybridized carbons (Fsp3) is 0.526. The smallest absolute Gasteiger partial charge is 0.275 e. The molecule has 0 saturated heterocycles. The molecule has 3 heterocycles. The Balaban J connectivity index is 1.55. The molecule has 4 rings (SSSR count). The number of amides is 1. The normalized spacial score (nSPS) is 16.4. The summed E-state index contributed by atoms with van der Waals surface area (Å²) in [5.41, 5.74) is 3.69. The zero-order valence-corrected chi connectivity index (χ0v) is 15.3. The van der Waals surface area contributed by atoms with Crippen LogP contribution in [-0.4, -0.2) is 44.7 Å². The molecule has 2 aromatic rings. The Morgan fingerprint density at radius 1 is 1.42 bits per heavy atom. The van der Waals surface area contributed by atoms with E-state index in [1.165, 1.54) is 0 Å². The summed E-state index contributed by atoms with van der Waals surface area (Å²) in [5.74, 6) is 0.610. The van der Waals surface area contributed by atoms with Crippen LogP contribution in [0, 0.1) is 0 Å². The van der Waals surface area contributed by atoms with Gasteiger partial charge in [0.2, 0.25) is 5.88 Å². The number of fused-ring (bicyclic) bond motifs is 1. The Bertz CT molecular complexity index is 797. The highest BCUT2D eigenvalue weighted by Gasteiger charge is 2.35. The second-order valence-electron chi connectivity index (χ2n) is 7.29. The molecular weight excluding hydrogens is 330 g/mol. The van der Waals surface area contributed by atoms with Gasteiger partial charge in [-0.05, 0) is 38.3 Å². The van der Waals surface area contributed by atoms with Gasteiger partial charge in [0.25, 0.3) is 5.91 Å². The first-order chi connectivity index (χ1) is 12.6. The van der Waals surface area contributed by atoms with Crippen LogP contribution in [0.3, 0.4) is 0 Å². The number of carbonyl (C=O) groups is 1. The minimum atomic E-state index is 0.0110. The summed E-state index contributed by atoms with van der Waals surface area (Å²) in [4.78, 5) is 19.4. The standard InChI is InChI=1S/C19H25N5O2/c1-12(2)26-17-9-13(5-8-21-17)11-24(14-3-4-14)19(25)18-15-10-20-7-6-16(15)22-23-18/h5,8-9,12,14,20H,3-4,6-7,10-11H2,1-2H3,(H,22,23). The third-order valence-corrected chi connectivity index (χ3v) is 4.77. The zero-order valence-electron chi connectivity index (χ0n) is 15.3. The van der Waals surface area contributed by atoms with Gasteiger partial charge in [-0.1, -0.05) is 0 Å². The number of ether oxygens (including phenoxy) is 1. The minimum absolute atomic E-state index is 0.0110. The van der Waals surface area contributed by atoms with Crippen molar-refractivity contribution >= 4 is 5.91 Å². The van der Waals surface area contributed by atoms with Gasteiger partial charge in [0.15, 0.2) is 5.69 Å². The Morgan fingerprint density at radius 2 is 2.27 bits per heavy atom. The Labute approximate surface area is 153 Å². The van der Waals surface area contributed by atoms with Gasteiger partial charge in [0.1, 0.15) is 0 Å². The molecule has 1 amide bonds. The molecule has 1 aliphatic carbocycles. The monoisotopic (exact) mass is 355 g/mol. The minimum Gasteiger partial charge on any atom is -0.475 e. The maximum Gasteiger partial charge on any atom is 0.275 e. The van der Waals surface area contributed by atoms with Gasteiger partial charge in [0, 0.05) is 55.6 Å². The van der Waals surface area contributed by atoms with E-state index in [1.54, 1.807) is 6.20 Å². The second-order valence-corrected chi connectivity index (χ2v) is 7.29. The van der Waals surface area contributed by atoms with Crippen LogP contribution < -0.4 is 10.1 Å². The van der Waals surface area contributed by atoms with Crippen molar-refractivity contribution < 1.29 is 9.53 Å². The van der Waals surface area contributed by atoms with Crippen LogP contribution in [0.1, 0.15) is 54.0 Å². The van der Waals surface area contributed by atoms with Gasteiger partial charge in [0.05, 0.1) is 6.10 Å². The van der Waals surface area contributed by atoms with Gasteiger partial charge in [-0.3, -0.25) is 9.89 Å². The number of nitrogens with zero attached hydrogens (tertiary/aromatic N) is 3. The molecule has 0 atom stereocenters. The summed E-state index contributed by atoms with van der Waals surface area (Å²) in [6.07, 6.45) is 4.80. The van der Waals surface area contributed by atoms with E-state index in [9.17, 15) is 4.79 Å². The lowest BCUT2D eigenvalue weighted by molar-refractivity contribution is 0.0722. The van der Waals surface area contributed by atoms with E-state index in [4.69, 9.17) is 4.74 Å². The summed E-state index contributed by atoms with van der Waals surface area (Å²) in [7, 11) is 0. The topological polar surface area (TPSA) is 83.1 Å². The third kappa shape index (κ3) is 3.58. The van der Waals surface area contributed by atoms with Gasteiger partial charge < -0.3 is 15.0 Å². The van der Waals surface area contributed by atoms with Crippen molar-refractivity contribution in [2.24, 2.45) is 0 Å². The molecule has 138 valence electrons. The molecule has 0 radical (unpaired) electrons. The number of aromatic nitrogens is 3. The van der Waals surface area contributed by atoms with Gasteiger partial charge >= 0.3 is 0 Å². The summed E-state index contributed by atoms with van der Waals surface area (Å²) in [6, 6.07) is 4.16. The number of aromatic amines is 1. The highest BCUT2D eigenvalue weighted by Crippen LogP contribution is 2.31. The number of H-pyrrole nitrogens is 1. The predicted octanol–water partition coefficient (Wildman–Crippen LogP) is 2.04. The lowest BCUT2D eigenvalue weighted by Gasteiger charge is -2.23. The molecule has 0 unspecified atom stereocenters. The van der Waals surface area contributed by atoms with Gasteiger partial charge in [-0.15, -0.1) is 0 Å². The molecule has 0 aromatic carbocycles. The summed E-state index contributed by atoms with van der Waals surface area (Å²) in [5, 5.41) is 10.7. The van der Waals surface area contributed by atoms with Crippen molar-refractivity contribution in [1.82, 2.24) is 25.4 Å². The number of hydrogen-bond acceptors (Lipinski definition) is 5. The number of pyridine rings is 1. The highest BCUT2D eigenvalue weighted by atomic mass is 16.5.